The maximum absolute atomic E-state index is 12.5. The van der Waals surface area contributed by atoms with Crippen molar-refractivity contribution in [3.05, 3.63) is 28.5 Å². The van der Waals surface area contributed by atoms with Crippen LogP contribution in [0.25, 0.3) is 0 Å². The van der Waals surface area contributed by atoms with Crippen LogP contribution in [0.15, 0.2) is 12.1 Å². The average Bonchev–Trinajstić information content (AvgIpc) is 2.38. The molecule has 0 saturated heterocycles. The Bertz CT molecular complexity index is 496. The Labute approximate surface area is 120 Å². The minimum Gasteiger partial charge on any atom is -0.294 e. The summed E-state index contributed by atoms with van der Waals surface area (Å²) in [6, 6.07) is 1.93. The fraction of sp³-hybridized carbons (Fsp3) is 0.571. The minimum absolute atomic E-state index is 0.0882. The molecule has 2 rings (SSSR count). The lowest BCUT2D eigenvalue weighted by atomic mass is 9.85. The number of carbonyl (C=O) groups excluding carboxylic acids is 1. The van der Waals surface area contributed by atoms with E-state index in [-0.39, 0.29) is 16.5 Å². The normalized spacial score (nSPS) is 17.2. The van der Waals surface area contributed by atoms with Crippen molar-refractivity contribution in [2.45, 2.75) is 44.7 Å². The van der Waals surface area contributed by atoms with Gasteiger partial charge >= 0.3 is 6.18 Å². The zero-order chi connectivity index (χ0) is 14.8. The fourth-order valence-corrected chi connectivity index (χ4v) is 2.82. The van der Waals surface area contributed by atoms with Crippen molar-refractivity contribution in [2.75, 3.05) is 0 Å². The van der Waals surface area contributed by atoms with Crippen LogP contribution < -0.4 is 0 Å². The van der Waals surface area contributed by atoms with Crippen molar-refractivity contribution in [1.29, 1.82) is 0 Å². The minimum atomic E-state index is -4.55. The molecular weight excluding hydrogens is 291 g/mol. The molecule has 0 aliphatic heterocycles. The Morgan fingerprint density at radius 1 is 1.25 bits per heavy atom. The van der Waals surface area contributed by atoms with Crippen molar-refractivity contribution >= 4 is 17.4 Å². The average molecular weight is 306 g/mol. The Morgan fingerprint density at radius 2 is 1.90 bits per heavy atom. The first-order chi connectivity index (χ1) is 9.38. The molecule has 1 aromatic rings. The van der Waals surface area contributed by atoms with Crippen LogP contribution in [0.1, 0.15) is 54.6 Å². The topological polar surface area (TPSA) is 30.0 Å². The van der Waals surface area contributed by atoms with Crippen LogP contribution in [0.2, 0.25) is 5.15 Å². The van der Waals surface area contributed by atoms with E-state index in [0.29, 0.717) is 12.3 Å². The maximum Gasteiger partial charge on any atom is 0.433 e. The summed E-state index contributed by atoms with van der Waals surface area (Å²) < 4.78 is 37.4. The highest BCUT2D eigenvalue weighted by Gasteiger charge is 2.33. The molecule has 0 aromatic carbocycles. The predicted octanol–water partition coefficient (Wildman–Crippen LogP) is 4.91. The fourth-order valence-electron chi connectivity index (χ4n) is 2.56. The van der Waals surface area contributed by atoms with E-state index in [4.69, 9.17) is 11.6 Å². The molecule has 1 aliphatic carbocycles. The maximum atomic E-state index is 12.5. The number of aromatic nitrogens is 1. The zero-order valence-corrected chi connectivity index (χ0v) is 11.6. The first-order valence-corrected chi connectivity index (χ1v) is 7.02. The van der Waals surface area contributed by atoms with Gasteiger partial charge in [0.25, 0.3) is 0 Å². The van der Waals surface area contributed by atoms with Gasteiger partial charge < -0.3 is 0 Å². The van der Waals surface area contributed by atoms with Gasteiger partial charge in [-0.1, -0.05) is 43.7 Å². The van der Waals surface area contributed by atoms with E-state index in [1.165, 1.54) is 6.42 Å². The lowest BCUT2D eigenvalue weighted by Gasteiger charge is -2.20. The van der Waals surface area contributed by atoms with E-state index in [1.54, 1.807) is 0 Å². The Balaban J connectivity index is 2.10. The highest BCUT2D eigenvalue weighted by Crippen LogP contribution is 2.31. The second-order valence-electron chi connectivity index (χ2n) is 5.16. The SMILES string of the molecule is O=C(CC1CCCCC1)c1ccc(C(F)(F)F)nc1Cl. The third-order valence-electron chi connectivity index (χ3n) is 3.64. The molecule has 20 heavy (non-hydrogen) atoms. The van der Waals surface area contributed by atoms with Gasteiger partial charge in [0.15, 0.2) is 5.78 Å². The zero-order valence-electron chi connectivity index (χ0n) is 10.8. The molecule has 2 nitrogen and oxygen atoms in total. The largest absolute Gasteiger partial charge is 0.433 e. The lowest BCUT2D eigenvalue weighted by molar-refractivity contribution is -0.141. The number of Topliss-reactive ketones (excluding diaryl/α,β-unsaturated/α-hetero) is 1. The highest BCUT2D eigenvalue weighted by molar-refractivity contribution is 6.32. The van der Waals surface area contributed by atoms with Gasteiger partial charge in [-0.25, -0.2) is 4.98 Å². The third kappa shape index (κ3) is 3.72. The first-order valence-electron chi connectivity index (χ1n) is 6.65. The summed E-state index contributed by atoms with van der Waals surface area (Å²) in [6.07, 6.45) is 1.19. The number of ketones is 1. The van der Waals surface area contributed by atoms with Crippen molar-refractivity contribution in [2.24, 2.45) is 5.92 Å². The summed E-state index contributed by atoms with van der Waals surface area (Å²) in [7, 11) is 0. The summed E-state index contributed by atoms with van der Waals surface area (Å²) in [4.78, 5) is 15.4. The van der Waals surface area contributed by atoms with Gasteiger partial charge in [-0.3, -0.25) is 4.79 Å². The van der Waals surface area contributed by atoms with Crippen LogP contribution in [0, 0.1) is 5.92 Å². The third-order valence-corrected chi connectivity index (χ3v) is 3.93. The molecule has 0 atom stereocenters. The van der Waals surface area contributed by atoms with Crippen LogP contribution >= 0.6 is 11.6 Å². The van der Waals surface area contributed by atoms with Crippen molar-refractivity contribution in [3.8, 4) is 0 Å². The van der Waals surface area contributed by atoms with Crippen LogP contribution in [0.4, 0.5) is 13.2 Å². The van der Waals surface area contributed by atoms with Gasteiger partial charge in [-0.2, -0.15) is 13.2 Å². The van der Waals surface area contributed by atoms with Crippen LogP contribution in [-0.4, -0.2) is 10.8 Å². The molecule has 6 heteroatoms. The van der Waals surface area contributed by atoms with E-state index in [1.807, 2.05) is 0 Å². The number of nitrogens with zero attached hydrogens (tertiary/aromatic N) is 1. The lowest BCUT2D eigenvalue weighted by Crippen LogP contribution is -2.14. The molecule has 0 unspecified atom stereocenters. The van der Waals surface area contributed by atoms with E-state index in [0.717, 1.165) is 37.8 Å². The van der Waals surface area contributed by atoms with E-state index in [2.05, 4.69) is 4.98 Å². The first kappa shape index (κ1) is 15.3. The van der Waals surface area contributed by atoms with Gasteiger partial charge in [-0.05, 0) is 18.1 Å². The van der Waals surface area contributed by atoms with E-state index < -0.39 is 11.9 Å². The molecule has 110 valence electrons. The van der Waals surface area contributed by atoms with Gasteiger partial charge in [0.2, 0.25) is 0 Å². The molecular formula is C14H15ClF3NO. The summed E-state index contributed by atoms with van der Waals surface area (Å²) in [5, 5.41) is -0.361. The number of pyridine rings is 1. The highest BCUT2D eigenvalue weighted by atomic mass is 35.5. The molecule has 1 saturated carbocycles. The Kier molecular flexibility index (Phi) is 4.68. The Morgan fingerprint density at radius 3 is 2.45 bits per heavy atom. The van der Waals surface area contributed by atoms with Crippen LogP contribution in [0.5, 0.6) is 0 Å². The molecule has 0 N–H and O–H groups in total. The number of alkyl halides is 3. The van der Waals surface area contributed by atoms with Gasteiger partial charge in [0.1, 0.15) is 10.8 Å². The molecule has 1 heterocycles. The molecule has 0 radical (unpaired) electrons. The van der Waals surface area contributed by atoms with E-state index in [9.17, 15) is 18.0 Å². The number of hydrogen-bond donors (Lipinski definition) is 0. The number of halogens is 4. The summed E-state index contributed by atoms with van der Waals surface area (Å²) >= 11 is 5.72. The number of hydrogen-bond acceptors (Lipinski definition) is 2. The smallest absolute Gasteiger partial charge is 0.294 e. The molecule has 1 fully saturated rings. The quantitative estimate of drug-likeness (QED) is 0.587. The molecule has 0 bridgehead atoms. The molecule has 0 spiro atoms. The van der Waals surface area contributed by atoms with E-state index >= 15 is 0 Å². The van der Waals surface area contributed by atoms with Gasteiger partial charge in [0.05, 0.1) is 5.56 Å². The summed E-state index contributed by atoms with van der Waals surface area (Å²) in [6.45, 7) is 0. The standard InChI is InChI=1S/C14H15ClF3NO/c15-13-10(6-7-12(19-13)14(16,17)18)11(20)8-9-4-2-1-3-5-9/h6-7,9H,1-5,8H2. The van der Waals surface area contributed by atoms with Crippen molar-refractivity contribution < 1.29 is 18.0 Å². The Hall–Kier alpha value is -1.10. The van der Waals surface area contributed by atoms with Crippen molar-refractivity contribution in [1.82, 2.24) is 4.98 Å². The van der Waals surface area contributed by atoms with Crippen LogP contribution in [0.3, 0.4) is 0 Å². The second kappa shape index (κ2) is 6.12. The number of rotatable bonds is 3. The monoisotopic (exact) mass is 305 g/mol. The van der Waals surface area contributed by atoms with Crippen molar-refractivity contribution in [3.63, 3.8) is 0 Å². The molecule has 1 aromatic heterocycles. The predicted molar refractivity (Wildman–Crippen MR) is 69.8 cm³/mol. The summed E-state index contributed by atoms with van der Waals surface area (Å²) in [5.74, 6) is 0.0951. The summed E-state index contributed by atoms with van der Waals surface area (Å²) in [5.41, 5.74) is -0.984. The second-order valence-corrected chi connectivity index (χ2v) is 5.52. The van der Waals surface area contributed by atoms with Gasteiger partial charge in [-0.15, -0.1) is 0 Å². The molecule has 1 aliphatic rings. The van der Waals surface area contributed by atoms with Crippen LogP contribution in [-0.2, 0) is 6.18 Å². The number of carbonyl (C=O) groups is 1. The molecule has 0 amide bonds. The van der Waals surface area contributed by atoms with Gasteiger partial charge in [0, 0.05) is 6.42 Å².